The fourth-order valence-corrected chi connectivity index (χ4v) is 9.13. The Hall–Kier alpha value is -1.84. The van der Waals surface area contributed by atoms with Crippen molar-refractivity contribution in [2.24, 2.45) is 28.1 Å². The molecule has 10 atom stereocenters. The van der Waals surface area contributed by atoms with Crippen LogP contribution in [0.1, 0.15) is 40.5 Å². The van der Waals surface area contributed by atoms with E-state index in [9.17, 15) is 27.9 Å². The molecule has 13 nitrogen and oxygen atoms in total. The molecule has 2 spiro atoms. The number of esters is 3. The quantitative estimate of drug-likeness (QED) is 0.189. The van der Waals surface area contributed by atoms with Crippen molar-refractivity contribution in [1.82, 2.24) is 0 Å². The Kier molecular flexibility index (Phi) is 5.91. The van der Waals surface area contributed by atoms with E-state index in [0.29, 0.717) is 0 Å². The maximum Gasteiger partial charge on any atom is 0.342 e. The second kappa shape index (κ2) is 8.10. The number of carbonyl (C=O) groups is 3. The van der Waals surface area contributed by atoms with Crippen molar-refractivity contribution in [3.8, 4) is 0 Å². The van der Waals surface area contributed by atoms with Gasteiger partial charge in [0, 0.05) is 7.11 Å². The summed E-state index contributed by atoms with van der Waals surface area (Å²) in [6, 6.07) is 0. The number of aliphatic hydroxyl groups is 1. The van der Waals surface area contributed by atoms with Gasteiger partial charge in [-0.1, -0.05) is 20.8 Å². The van der Waals surface area contributed by atoms with Gasteiger partial charge in [0.05, 0.1) is 30.1 Å². The summed E-state index contributed by atoms with van der Waals surface area (Å²) in [5.74, 6) is -4.63. The molecule has 2 saturated carbocycles. The first-order valence-electron chi connectivity index (χ1n) is 12.4. The van der Waals surface area contributed by atoms with Crippen LogP contribution in [0.3, 0.4) is 0 Å². The fraction of sp³-hybridized carbons (Fsp3) is 0.875. The summed E-state index contributed by atoms with van der Waals surface area (Å²) in [5.41, 5.74) is -8.47. The van der Waals surface area contributed by atoms with Gasteiger partial charge in [-0.3, -0.25) is 8.98 Å². The summed E-state index contributed by atoms with van der Waals surface area (Å²) >= 11 is 0. The standard InChI is InChI=1S/C24H34O13S/c1-11(16(25)32-6)23(28)14(37-38(7,29)30)9-21-13-8-12(20(2,3)4)22(21)15(33-10-31-5)17(26)35-19(22)36-24(21,23)18(27)34-13/h11-15,19,28H,8-10H2,1-7H3/t11-,12-,13+,14+,15-,19-,21?,22?,23+,24+/m0/s1. The first kappa shape index (κ1) is 27.7. The number of carbonyl (C=O) groups excluding carboxylic acids is 3. The molecule has 1 N–H and O–H groups in total. The van der Waals surface area contributed by atoms with Crippen molar-refractivity contribution in [2.75, 3.05) is 27.3 Å². The van der Waals surface area contributed by atoms with E-state index >= 15 is 0 Å². The van der Waals surface area contributed by atoms with Crippen molar-refractivity contribution in [3.63, 3.8) is 0 Å². The van der Waals surface area contributed by atoms with Gasteiger partial charge in [0.15, 0.2) is 6.10 Å². The Morgan fingerprint density at radius 3 is 2.42 bits per heavy atom. The lowest BCUT2D eigenvalue weighted by atomic mass is 9.51. The normalized spacial score (nSPS) is 45.8. The van der Waals surface area contributed by atoms with Crippen LogP contribution < -0.4 is 0 Å². The molecule has 214 valence electrons. The van der Waals surface area contributed by atoms with E-state index in [1.54, 1.807) is 0 Å². The smallest absolute Gasteiger partial charge is 0.342 e. The van der Waals surface area contributed by atoms with E-state index in [0.717, 1.165) is 13.4 Å². The first-order chi connectivity index (χ1) is 17.5. The maximum absolute atomic E-state index is 13.9. The Morgan fingerprint density at radius 1 is 1.21 bits per heavy atom. The van der Waals surface area contributed by atoms with Crippen LogP contribution in [-0.4, -0.2) is 94.5 Å². The molecule has 0 radical (unpaired) electrons. The van der Waals surface area contributed by atoms with Crippen molar-refractivity contribution < 1.29 is 60.5 Å². The number of hydrogen-bond acceptors (Lipinski definition) is 13. The van der Waals surface area contributed by atoms with Gasteiger partial charge in [0.25, 0.3) is 10.1 Å². The van der Waals surface area contributed by atoms with Gasteiger partial charge in [-0.15, -0.1) is 0 Å². The summed E-state index contributed by atoms with van der Waals surface area (Å²) in [5, 5.41) is 12.5. The molecule has 2 aliphatic carbocycles. The second-order valence-electron chi connectivity index (χ2n) is 12.0. The lowest BCUT2D eigenvalue weighted by Crippen LogP contribution is -2.69. The fourth-order valence-electron chi connectivity index (χ4n) is 8.50. The summed E-state index contributed by atoms with van der Waals surface area (Å²) < 4.78 is 64.1. The minimum absolute atomic E-state index is 0.245. The van der Waals surface area contributed by atoms with Gasteiger partial charge >= 0.3 is 17.9 Å². The third-order valence-electron chi connectivity index (χ3n) is 9.52. The molecule has 0 amide bonds. The molecule has 0 aromatic heterocycles. The highest BCUT2D eigenvalue weighted by Crippen LogP contribution is 2.84. The highest BCUT2D eigenvalue weighted by molar-refractivity contribution is 7.86. The Bertz CT molecular complexity index is 1180. The largest absolute Gasteiger partial charge is 0.469 e. The summed E-state index contributed by atoms with van der Waals surface area (Å²) in [7, 11) is -1.74. The molecule has 14 heteroatoms. The molecular formula is C24H34O13S. The molecule has 0 bridgehead atoms. The zero-order valence-electron chi connectivity index (χ0n) is 22.3. The molecule has 5 rings (SSSR count). The Morgan fingerprint density at radius 2 is 1.87 bits per heavy atom. The van der Waals surface area contributed by atoms with Crippen LogP contribution in [-0.2, 0) is 57.1 Å². The summed E-state index contributed by atoms with van der Waals surface area (Å²) in [6.45, 7) is 6.84. The van der Waals surface area contributed by atoms with E-state index in [4.69, 9.17) is 32.6 Å². The molecule has 0 aromatic carbocycles. The van der Waals surface area contributed by atoms with Gasteiger partial charge < -0.3 is 33.5 Å². The zero-order chi connectivity index (χ0) is 28.3. The first-order valence-corrected chi connectivity index (χ1v) is 14.2. The summed E-state index contributed by atoms with van der Waals surface area (Å²) in [6.07, 6.45) is -4.50. The third-order valence-corrected chi connectivity index (χ3v) is 10.1. The predicted molar refractivity (Wildman–Crippen MR) is 123 cm³/mol. The SMILES string of the molecule is COCO[C@H]1C(=O)O[C@H]2O[C@]34C(=O)O[C@@H]5C[C@@H](C(C)(C)C)C21C53C[C@@H](OS(C)(=O)=O)[C@]4(O)[C@@H](C)C(=O)OC. The van der Waals surface area contributed by atoms with Gasteiger partial charge in [-0.25, -0.2) is 9.59 Å². The van der Waals surface area contributed by atoms with Crippen LogP contribution in [0, 0.1) is 28.1 Å². The lowest BCUT2D eigenvalue weighted by Gasteiger charge is -2.47. The number of ether oxygens (including phenoxy) is 6. The van der Waals surface area contributed by atoms with Crippen molar-refractivity contribution in [2.45, 2.75) is 76.3 Å². The highest BCUT2D eigenvalue weighted by Gasteiger charge is 3.00. The van der Waals surface area contributed by atoms with E-state index in [1.807, 2.05) is 20.8 Å². The molecule has 3 aliphatic heterocycles. The average Bonchev–Trinajstić information content (AvgIpc) is 3.46. The number of rotatable bonds is 7. The number of hydrogen-bond donors (Lipinski definition) is 1. The number of methoxy groups -OCH3 is 2. The molecule has 3 heterocycles. The topological polar surface area (TPSA) is 170 Å². The lowest BCUT2D eigenvalue weighted by molar-refractivity contribution is -0.250. The van der Waals surface area contributed by atoms with Crippen LogP contribution in [0.25, 0.3) is 0 Å². The van der Waals surface area contributed by atoms with Crippen LogP contribution in [0.5, 0.6) is 0 Å². The minimum Gasteiger partial charge on any atom is -0.469 e. The Labute approximate surface area is 220 Å². The predicted octanol–water partition coefficient (Wildman–Crippen LogP) is -0.120. The van der Waals surface area contributed by atoms with Crippen LogP contribution in [0.15, 0.2) is 0 Å². The second-order valence-corrected chi connectivity index (χ2v) is 13.6. The summed E-state index contributed by atoms with van der Waals surface area (Å²) in [4.78, 5) is 40.1. The van der Waals surface area contributed by atoms with Gasteiger partial charge in [0.1, 0.15) is 24.6 Å². The van der Waals surface area contributed by atoms with Crippen molar-refractivity contribution in [1.29, 1.82) is 0 Å². The van der Waals surface area contributed by atoms with E-state index in [1.165, 1.54) is 14.0 Å². The van der Waals surface area contributed by atoms with Gasteiger partial charge in [-0.2, -0.15) is 8.42 Å². The maximum atomic E-state index is 13.9. The molecule has 5 aliphatic rings. The molecule has 3 saturated heterocycles. The highest BCUT2D eigenvalue weighted by atomic mass is 32.2. The van der Waals surface area contributed by atoms with Crippen molar-refractivity contribution >= 4 is 28.0 Å². The molecule has 38 heavy (non-hydrogen) atoms. The van der Waals surface area contributed by atoms with Crippen LogP contribution in [0.2, 0.25) is 0 Å². The minimum atomic E-state index is -4.22. The van der Waals surface area contributed by atoms with Gasteiger partial charge in [0.2, 0.25) is 11.9 Å². The van der Waals surface area contributed by atoms with E-state index < -0.39 is 91.9 Å². The molecule has 0 aromatic rings. The molecular weight excluding hydrogens is 528 g/mol. The molecule has 5 fully saturated rings. The van der Waals surface area contributed by atoms with Crippen molar-refractivity contribution in [3.05, 3.63) is 0 Å². The van der Waals surface area contributed by atoms with Crippen LogP contribution >= 0.6 is 0 Å². The zero-order valence-corrected chi connectivity index (χ0v) is 23.2. The van der Waals surface area contributed by atoms with E-state index in [2.05, 4.69) is 0 Å². The Balaban J connectivity index is 1.84. The monoisotopic (exact) mass is 562 g/mol. The van der Waals surface area contributed by atoms with Crippen LogP contribution in [0.4, 0.5) is 0 Å². The van der Waals surface area contributed by atoms with E-state index in [-0.39, 0.29) is 19.6 Å². The third kappa shape index (κ3) is 2.88. The average molecular weight is 563 g/mol. The molecule has 2 unspecified atom stereocenters. The van der Waals surface area contributed by atoms with Gasteiger partial charge in [-0.05, 0) is 31.1 Å².